The van der Waals surface area contributed by atoms with Crippen LogP contribution in [0.3, 0.4) is 0 Å². The van der Waals surface area contributed by atoms with Gasteiger partial charge in [0, 0.05) is 11.2 Å². The maximum atomic E-state index is 6.92. The van der Waals surface area contributed by atoms with Crippen molar-refractivity contribution in [3.63, 3.8) is 0 Å². The van der Waals surface area contributed by atoms with E-state index >= 15 is 0 Å². The van der Waals surface area contributed by atoms with E-state index in [4.69, 9.17) is 14.5 Å². The van der Waals surface area contributed by atoms with Crippen molar-refractivity contribution in [1.82, 2.24) is 14.0 Å². The predicted molar refractivity (Wildman–Crippen MR) is 231 cm³/mol. The third-order valence-corrected chi connectivity index (χ3v) is 16.5. The summed E-state index contributed by atoms with van der Waals surface area (Å²) in [5.74, 6) is 4.35. The van der Waals surface area contributed by atoms with Gasteiger partial charge in [0.05, 0.1) is 22.1 Å². The number of hydrogen-bond donors (Lipinski definition) is 0. The van der Waals surface area contributed by atoms with Crippen LogP contribution in [0.15, 0.2) is 194 Å². The quantitative estimate of drug-likeness (QED) is 0.149. The van der Waals surface area contributed by atoms with E-state index in [9.17, 15) is 0 Å². The molecule has 4 heterocycles. The molecule has 0 bridgehead atoms. The molecule has 10 aromatic rings. The van der Waals surface area contributed by atoms with Crippen LogP contribution in [-0.4, -0.2) is 28.7 Å². The zero-order valence-electron chi connectivity index (χ0n) is 30.2. The fraction of sp³-hybridized carbons (Fsp3) is 0. The second-order valence-electron chi connectivity index (χ2n) is 14.7. The van der Waals surface area contributed by atoms with Crippen molar-refractivity contribution in [3.05, 3.63) is 194 Å². The van der Waals surface area contributed by atoms with E-state index in [1.807, 2.05) is 0 Å². The molecule has 0 N–H and O–H groups in total. The van der Waals surface area contributed by atoms with Gasteiger partial charge in [-0.25, -0.2) is 4.98 Å². The highest BCUT2D eigenvalue weighted by Gasteiger charge is 2.46. The first-order valence-electron chi connectivity index (χ1n) is 19.1. The second-order valence-corrected chi connectivity index (χ2v) is 18.5. The van der Waals surface area contributed by atoms with Crippen LogP contribution >= 0.6 is 0 Å². The van der Waals surface area contributed by atoms with Gasteiger partial charge in [-0.2, -0.15) is 0 Å². The second kappa shape index (κ2) is 12.0. The molecule has 262 valence electrons. The summed E-state index contributed by atoms with van der Waals surface area (Å²) in [6.07, 6.45) is 0. The molecular weight excluding hydrogens is 701 g/mol. The Morgan fingerprint density at radius 3 is 1.62 bits per heavy atom. The lowest BCUT2D eigenvalue weighted by molar-refractivity contribution is 0.465. The Balaban J connectivity index is 1.16. The van der Waals surface area contributed by atoms with Gasteiger partial charge in [0.25, 0.3) is 6.71 Å². The lowest BCUT2D eigenvalue weighted by Crippen LogP contribution is -2.75. The summed E-state index contributed by atoms with van der Waals surface area (Å²) in [7, 11) is -3.10. The number of aromatic nitrogens is 3. The molecular formula is C49H32BN3O2Si. The first-order chi connectivity index (χ1) is 27.8. The van der Waals surface area contributed by atoms with Gasteiger partial charge < -0.3 is 9.47 Å². The van der Waals surface area contributed by atoms with Crippen LogP contribution in [0, 0.1) is 0 Å². The standard InChI is InChI=1S/C49H32BN3O2Si/c1-3-17-34(18-4-1)56(35-19-5-2-6-20-35,37-31-46-48-47(32-37)55-45-29-14-8-23-39(45)50(48)38-22-7-13-28-44(38)54-46)36-21-15-16-33(30-36)52-42-26-11-12-27-43(42)53-41-25-10-9-24-40(41)51-49(52)53/h1-32H. The van der Waals surface area contributed by atoms with Crippen LogP contribution in [-0.2, 0) is 0 Å². The first-order valence-corrected chi connectivity index (χ1v) is 21.1. The zero-order chi connectivity index (χ0) is 36.8. The van der Waals surface area contributed by atoms with Crippen LogP contribution in [0.1, 0.15) is 0 Å². The number of nitrogens with zero attached hydrogens (tertiary/aromatic N) is 3. The van der Waals surface area contributed by atoms with Crippen molar-refractivity contribution in [2.75, 3.05) is 0 Å². The number of imidazole rings is 2. The molecule has 0 saturated carbocycles. The van der Waals surface area contributed by atoms with Gasteiger partial charge in [0.1, 0.15) is 23.0 Å². The molecule has 2 aliphatic heterocycles. The fourth-order valence-electron chi connectivity index (χ4n) is 9.47. The summed E-state index contributed by atoms with van der Waals surface area (Å²) in [6.45, 7) is 0.00582. The highest BCUT2D eigenvalue weighted by Crippen LogP contribution is 2.35. The van der Waals surface area contributed by atoms with E-state index in [2.05, 4.69) is 203 Å². The van der Waals surface area contributed by atoms with Gasteiger partial charge in [-0.15, -0.1) is 0 Å². The third-order valence-electron chi connectivity index (χ3n) is 11.8. The number of hydrogen-bond acceptors (Lipinski definition) is 3. The summed E-state index contributed by atoms with van der Waals surface area (Å²) < 4.78 is 18.4. The Labute approximate surface area is 324 Å². The molecule has 0 fully saturated rings. The van der Waals surface area contributed by atoms with Gasteiger partial charge in [-0.1, -0.05) is 133 Å². The average Bonchev–Trinajstić information content (AvgIpc) is 3.79. The molecule has 0 radical (unpaired) electrons. The van der Waals surface area contributed by atoms with Gasteiger partial charge in [0.2, 0.25) is 5.78 Å². The van der Waals surface area contributed by atoms with E-state index in [0.717, 1.165) is 72.9 Å². The minimum Gasteiger partial charge on any atom is -0.458 e. The molecule has 8 aromatic carbocycles. The molecule has 0 aliphatic carbocycles. The van der Waals surface area contributed by atoms with Crippen molar-refractivity contribution in [2.24, 2.45) is 0 Å². The molecule has 5 nitrogen and oxygen atoms in total. The van der Waals surface area contributed by atoms with E-state index < -0.39 is 8.07 Å². The first kappa shape index (κ1) is 31.3. The van der Waals surface area contributed by atoms with Crippen molar-refractivity contribution < 1.29 is 9.47 Å². The Morgan fingerprint density at radius 2 is 0.964 bits per heavy atom. The van der Waals surface area contributed by atoms with Gasteiger partial charge in [0.15, 0.2) is 8.07 Å². The van der Waals surface area contributed by atoms with Crippen LogP contribution < -0.4 is 46.6 Å². The van der Waals surface area contributed by atoms with Crippen molar-refractivity contribution in [2.45, 2.75) is 0 Å². The van der Waals surface area contributed by atoms with E-state index in [0.29, 0.717) is 0 Å². The summed E-state index contributed by atoms with van der Waals surface area (Å²) in [5.41, 5.74) is 8.74. The van der Waals surface area contributed by atoms with Gasteiger partial charge >= 0.3 is 0 Å². The van der Waals surface area contributed by atoms with Gasteiger partial charge in [-0.05, 0) is 92.3 Å². The normalized spacial score (nSPS) is 12.9. The highest BCUT2D eigenvalue weighted by molar-refractivity contribution is 7.20. The van der Waals surface area contributed by atoms with Gasteiger partial charge in [-0.3, -0.25) is 8.97 Å². The van der Waals surface area contributed by atoms with E-state index in [1.165, 1.54) is 20.7 Å². The summed E-state index contributed by atoms with van der Waals surface area (Å²) in [5, 5.41) is 4.98. The predicted octanol–water partition coefficient (Wildman–Crippen LogP) is 6.54. The highest BCUT2D eigenvalue weighted by atomic mass is 28.3. The Hall–Kier alpha value is -7.09. The van der Waals surface area contributed by atoms with E-state index in [-0.39, 0.29) is 6.71 Å². The lowest BCUT2D eigenvalue weighted by Gasteiger charge is -2.38. The minimum atomic E-state index is -3.10. The number of fused-ring (bicyclic) bond motifs is 9. The number of para-hydroxylation sites is 6. The molecule has 2 aromatic heterocycles. The molecule has 2 aliphatic rings. The zero-order valence-corrected chi connectivity index (χ0v) is 31.2. The molecule has 12 rings (SSSR count). The molecule has 0 amide bonds. The van der Waals surface area contributed by atoms with Crippen molar-refractivity contribution in [1.29, 1.82) is 0 Å². The summed E-state index contributed by atoms with van der Waals surface area (Å²) >= 11 is 0. The number of ether oxygens (including phenoxy) is 2. The summed E-state index contributed by atoms with van der Waals surface area (Å²) in [6, 6.07) is 69.7. The largest absolute Gasteiger partial charge is 0.458 e. The molecule has 0 unspecified atom stereocenters. The van der Waals surface area contributed by atoms with Crippen molar-refractivity contribution >= 4 is 79.8 Å². The monoisotopic (exact) mass is 733 g/mol. The Morgan fingerprint density at radius 1 is 0.429 bits per heavy atom. The van der Waals surface area contributed by atoms with Crippen LogP contribution in [0.2, 0.25) is 0 Å². The number of benzene rings is 8. The van der Waals surface area contributed by atoms with Crippen LogP contribution in [0.25, 0.3) is 33.5 Å². The maximum Gasteiger partial charge on any atom is 0.260 e. The lowest BCUT2D eigenvalue weighted by atomic mass is 9.35. The minimum absolute atomic E-state index is 0.00582. The third kappa shape index (κ3) is 4.34. The molecule has 7 heteroatoms. The summed E-state index contributed by atoms with van der Waals surface area (Å²) in [4.78, 5) is 5.22. The maximum absolute atomic E-state index is 6.92. The smallest absolute Gasteiger partial charge is 0.260 e. The average molecular weight is 734 g/mol. The molecule has 0 spiro atoms. The molecule has 0 atom stereocenters. The van der Waals surface area contributed by atoms with Crippen molar-refractivity contribution in [3.8, 4) is 28.7 Å². The van der Waals surface area contributed by atoms with Crippen LogP contribution in [0.5, 0.6) is 23.0 Å². The molecule has 0 saturated heterocycles. The Bertz CT molecular complexity index is 3070. The van der Waals surface area contributed by atoms with E-state index in [1.54, 1.807) is 0 Å². The SMILES string of the molecule is c1ccc([Si](c2ccccc2)(c2cccc(-n3c4ccccc4n4c5ccccc5nc34)c2)c2cc3c4c(c2)Oc2ccccc2B4c2ccccc2O3)cc1. The Kier molecular flexibility index (Phi) is 6.68. The van der Waals surface area contributed by atoms with Crippen LogP contribution in [0.4, 0.5) is 0 Å². The fourth-order valence-corrected chi connectivity index (χ4v) is 14.3. The number of rotatable bonds is 5. The molecule has 56 heavy (non-hydrogen) atoms. The topological polar surface area (TPSA) is 40.7 Å².